The van der Waals surface area contributed by atoms with Crippen LogP contribution in [0.4, 0.5) is 13.2 Å². The van der Waals surface area contributed by atoms with Gasteiger partial charge in [0.05, 0.1) is 36.0 Å². The zero-order chi connectivity index (χ0) is 30.5. The number of rotatable bonds is 8. The van der Waals surface area contributed by atoms with Crippen LogP contribution in [0.2, 0.25) is 0 Å². The topological polar surface area (TPSA) is 112 Å². The summed E-state index contributed by atoms with van der Waals surface area (Å²) in [6.07, 6.45) is -0.177. The number of carboxylic acid groups (broad SMARTS) is 1. The number of carboxylic acids is 1. The van der Waals surface area contributed by atoms with Crippen LogP contribution < -0.4 is 4.74 Å². The van der Waals surface area contributed by atoms with Crippen molar-refractivity contribution in [2.24, 2.45) is 5.41 Å². The number of benzene rings is 2. The van der Waals surface area contributed by atoms with E-state index >= 15 is 13.2 Å². The summed E-state index contributed by atoms with van der Waals surface area (Å²) in [5.74, 6) is -3.06. The number of hydrogen-bond acceptors (Lipinski definition) is 8. The Kier molecular flexibility index (Phi) is 7.38. The molecule has 5 aromatic rings. The Morgan fingerprint density at radius 1 is 1.12 bits per heavy atom. The normalized spacial score (nSPS) is 16.2. The number of nitrogens with zero attached hydrogens (tertiary/aromatic N) is 5. The van der Waals surface area contributed by atoms with Gasteiger partial charge in [0.15, 0.2) is 10.8 Å². The first kappa shape index (κ1) is 28.7. The molecule has 2 aromatic carbocycles. The van der Waals surface area contributed by atoms with Crippen LogP contribution in [0, 0.1) is 29.8 Å². The largest absolute Gasteiger partial charge is 0.478 e. The molecule has 1 aliphatic heterocycles. The lowest BCUT2D eigenvalue weighted by Crippen LogP contribution is -2.27. The van der Waals surface area contributed by atoms with Gasteiger partial charge in [-0.3, -0.25) is 0 Å². The first-order chi connectivity index (χ1) is 20.5. The van der Waals surface area contributed by atoms with Crippen LogP contribution in [-0.2, 0) is 17.8 Å². The van der Waals surface area contributed by atoms with E-state index in [1.54, 1.807) is 22.8 Å². The van der Waals surface area contributed by atoms with Crippen LogP contribution in [0.25, 0.3) is 22.3 Å². The van der Waals surface area contributed by atoms with Crippen molar-refractivity contribution >= 4 is 28.3 Å². The number of pyridine rings is 1. The number of hydrogen-bond donors (Lipinski definition) is 1. The predicted molar refractivity (Wildman–Crippen MR) is 152 cm³/mol. The molecule has 1 atom stereocenters. The van der Waals surface area contributed by atoms with Crippen molar-refractivity contribution in [1.82, 2.24) is 24.7 Å². The number of carbonyl (C=O) groups is 1. The number of halogens is 3. The molecule has 1 aliphatic rings. The summed E-state index contributed by atoms with van der Waals surface area (Å²) in [6.45, 7) is 6.57. The van der Waals surface area contributed by atoms with Gasteiger partial charge in [-0.05, 0) is 42.8 Å². The third-order valence-corrected chi connectivity index (χ3v) is 8.24. The summed E-state index contributed by atoms with van der Waals surface area (Å²) < 4.78 is 59.2. The lowest BCUT2D eigenvalue weighted by atomic mass is 9.87. The van der Waals surface area contributed by atoms with E-state index in [1.165, 1.54) is 17.4 Å². The highest BCUT2D eigenvalue weighted by molar-refractivity contribution is 7.11. The fraction of sp³-hybridized carbons (Fsp3) is 0.300. The van der Waals surface area contributed by atoms with Crippen molar-refractivity contribution in [2.45, 2.75) is 39.8 Å². The molecule has 222 valence electrons. The molecular weight excluding hydrogens is 583 g/mol. The SMILES string of the molecule is Cc1nnc(COc2cccc(-c3cc(F)c(Cc4nc5c(F)cc(C(=O)O)cc5n4C4COCC4(C)C)cc3F)n2)s1. The molecule has 9 nitrogen and oxygen atoms in total. The van der Waals surface area contributed by atoms with Crippen molar-refractivity contribution in [3.8, 4) is 17.1 Å². The van der Waals surface area contributed by atoms with Gasteiger partial charge in [0.25, 0.3) is 0 Å². The predicted octanol–water partition coefficient (Wildman–Crippen LogP) is 6.14. The number of aromatic nitrogens is 5. The van der Waals surface area contributed by atoms with Crippen LogP contribution in [-0.4, -0.2) is 49.0 Å². The average Bonchev–Trinajstić information content (AvgIpc) is 3.65. The minimum absolute atomic E-state index is 0.00700. The number of aromatic carboxylic acids is 1. The zero-order valence-electron chi connectivity index (χ0n) is 23.4. The number of aryl methyl sites for hydroxylation is 1. The fourth-order valence-electron chi connectivity index (χ4n) is 5.24. The van der Waals surface area contributed by atoms with E-state index in [0.29, 0.717) is 11.6 Å². The Labute approximate surface area is 248 Å². The molecule has 1 unspecified atom stereocenters. The van der Waals surface area contributed by atoms with E-state index in [2.05, 4.69) is 20.2 Å². The van der Waals surface area contributed by atoms with Crippen LogP contribution in [0.15, 0.2) is 42.5 Å². The maximum absolute atomic E-state index is 15.6. The standard InChI is InChI=1S/C30H26F3N5O4S/c1-15-36-37-27(43-15)13-42-26-6-4-5-22(34-26)18-11-19(31)16(7-20(18)32)10-25-35-28-21(33)8-17(29(39)40)9-23(28)38(25)24-12-41-14-30(24,2)3/h4-9,11,24H,10,12-14H2,1-3H3,(H,39,40). The van der Waals surface area contributed by atoms with Gasteiger partial charge in [0.2, 0.25) is 5.88 Å². The van der Waals surface area contributed by atoms with Crippen LogP contribution in [0.3, 0.4) is 0 Å². The molecule has 0 aliphatic carbocycles. The molecule has 0 saturated carbocycles. The molecule has 0 bridgehead atoms. The molecule has 3 aromatic heterocycles. The molecule has 0 spiro atoms. The van der Waals surface area contributed by atoms with Gasteiger partial charge in [0.1, 0.15) is 34.6 Å². The zero-order valence-corrected chi connectivity index (χ0v) is 24.2. The molecular formula is C30H26F3N5O4S. The minimum atomic E-state index is -1.29. The average molecular weight is 610 g/mol. The van der Waals surface area contributed by atoms with E-state index in [-0.39, 0.29) is 70.8 Å². The number of imidazole rings is 1. The van der Waals surface area contributed by atoms with Gasteiger partial charge >= 0.3 is 5.97 Å². The molecule has 1 saturated heterocycles. The van der Waals surface area contributed by atoms with Gasteiger partial charge in [-0.15, -0.1) is 10.2 Å². The van der Waals surface area contributed by atoms with Crippen molar-refractivity contribution in [3.05, 3.63) is 86.9 Å². The van der Waals surface area contributed by atoms with Crippen LogP contribution in [0.5, 0.6) is 5.88 Å². The van der Waals surface area contributed by atoms with Crippen molar-refractivity contribution in [1.29, 1.82) is 0 Å². The Bertz CT molecular complexity index is 1870. The van der Waals surface area contributed by atoms with E-state index in [0.717, 1.165) is 23.2 Å². The summed E-state index contributed by atoms with van der Waals surface area (Å²) in [4.78, 5) is 20.5. The van der Waals surface area contributed by atoms with E-state index < -0.39 is 28.8 Å². The van der Waals surface area contributed by atoms with E-state index in [1.807, 2.05) is 20.8 Å². The molecule has 6 rings (SSSR count). The second kappa shape index (κ2) is 11.0. The van der Waals surface area contributed by atoms with Gasteiger partial charge in [-0.2, -0.15) is 0 Å². The lowest BCUT2D eigenvalue weighted by molar-refractivity contribution is 0.0696. The third-order valence-electron chi connectivity index (χ3n) is 7.43. The summed E-state index contributed by atoms with van der Waals surface area (Å²) >= 11 is 1.38. The van der Waals surface area contributed by atoms with Crippen molar-refractivity contribution in [2.75, 3.05) is 13.2 Å². The molecule has 0 amide bonds. The second-order valence-corrected chi connectivity index (χ2v) is 12.3. The Hall–Kier alpha value is -4.36. The molecule has 4 heterocycles. The molecule has 0 radical (unpaired) electrons. The summed E-state index contributed by atoms with van der Waals surface area (Å²) in [5, 5.41) is 18.9. The first-order valence-corrected chi connectivity index (χ1v) is 14.2. The molecule has 1 fully saturated rings. The molecule has 43 heavy (non-hydrogen) atoms. The highest BCUT2D eigenvalue weighted by Gasteiger charge is 2.39. The third kappa shape index (κ3) is 5.57. The van der Waals surface area contributed by atoms with Crippen LogP contribution >= 0.6 is 11.3 Å². The maximum atomic E-state index is 15.6. The first-order valence-electron chi connectivity index (χ1n) is 13.4. The smallest absolute Gasteiger partial charge is 0.335 e. The maximum Gasteiger partial charge on any atom is 0.335 e. The summed E-state index contributed by atoms with van der Waals surface area (Å²) in [7, 11) is 0. The van der Waals surface area contributed by atoms with Crippen molar-refractivity contribution < 1.29 is 32.5 Å². The summed E-state index contributed by atoms with van der Waals surface area (Å²) in [5.41, 5.74) is -0.355. The molecule has 1 N–H and O–H groups in total. The molecule has 13 heteroatoms. The fourth-order valence-corrected chi connectivity index (χ4v) is 5.87. The van der Waals surface area contributed by atoms with Gasteiger partial charge in [-0.1, -0.05) is 31.3 Å². The van der Waals surface area contributed by atoms with Gasteiger partial charge in [-0.25, -0.2) is 27.9 Å². The van der Waals surface area contributed by atoms with Gasteiger partial charge < -0.3 is 19.1 Å². The van der Waals surface area contributed by atoms with E-state index in [9.17, 15) is 9.90 Å². The van der Waals surface area contributed by atoms with Crippen LogP contribution in [0.1, 0.15) is 51.7 Å². The highest BCUT2D eigenvalue weighted by Crippen LogP contribution is 2.41. The van der Waals surface area contributed by atoms with Gasteiger partial charge in [0, 0.05) is 23.5 Å². The quantitative estimate of drug-likeness (QED) is 0.223. The van der Waals surface area contributed by atoms with E-state index in [4.69, 9.17) is 9.47 Å². The minimum Gasteiger partial charge on any atom is -0.478 e. The number of fused-ring (bicyclic) bond motifs is 1. The lowest BCUT2D eigenvalue weighted by Gasteiger charge is -2.28. The van der Waals surface area contributed by atoms with Crippen molar-refractivity contribution in [3.63, 3.8) is 0 Å². The Morgan fingerprint density at radius 3 is 2.63 bits per heavy atom. The second-order valence-electron chi connectivity index (χ2n) is 11.0. The monoisotopic (exact) mass is 609 g/mol. The highest BCUT2D eigenvalue weighted by atomic mass is 32.1. The Balaban J connectivity index is 1.35. The number of ether oxygens (including phenoxy) is 2. The summed E-state index contributed by atoms with van der Waals surface area (Å²) in [6, 6.07) is 8.81. The Morgan fingerprint density at radius 2 is 1.93 bits per heavy atom.